The van der Waals surface area contributed by atoms with Gasteiger partial charge in [-0.3, -0.25) is 4.79 Å². The number of rotatable bonds is 4. The van der Waals surface area contributed by atoms with Crippen molar-refractivity contribution in [3.8, 4) is 5.75 Å². The maximum absolute atomic E-state index is 12.1. The van der Waals surface area contributed by atoms with E-state index in [9.17, 15) is 9.59 Å². The van der Waals surface area contributed by atoms with E-state index < -0.39 is 5.63 Å². The topological polar surface area (TPSA) is 68.5 Å². The number of ether oxygens (including phenoxy) is 1. The molecule has 5 nitrogen and oxygen atoms in total. The molecule has 0 aliphatic carbocycles. The highest BCUT2D eigenvalue weighted by atomic mass is 35.5. The zero-order valence-corrected chi connectivity index (χ0v) is 15.6. The Kier molecular flexibility index (Phi) is 5.20. The molecule has 0 radical (unpaired) electrons. The molecule has 0 saturated carbocycles. The summed E-state index contributed by atoms with van der Waals surface area (Å²) in [6.45, 7) is 3.34. The number of carbonyl (C=O) groups is 1. The van der Waals surface area contributed by atoms with Gasteiger partial charge in [0.15, 0.2) is 6.61 Å². The van der Waals surface area contributed by atoms with Crippen molar-refractivity contribution in [2.24, 2.45) is 0 Å². The Morgan fingerprint density at radius 2 is 1.92 bits per heavy atom. The van der Waals surface area contributed by atoms with Gasteiger partial charge in [-0.2, -0.15) is 0 Å². The maximum Gasteiger partial charge on any atom is 0.336 e. The van der Waals surface area contributed by atoms with Gasteiger partial charge in [0, 0.05) is 28.2 Å². The molecule has 1 heterocycles. The van der Waals surface area contributed by atoms with E-state index in [0.29, 0.717) is 26.7 Å². The van der Waals surface area contributed by atoms with Crippen LogP contribution in [0.15, 0.2) is 45.6 Å². The Morgan fingerprint density at radius 1 is 1.15 bits per heavy atom. The van der Waals surface area contributed by atoms with Crippen LogP contribution in [0, 0.1) is 13.8 Å². The van der Waals surface area contributed by atoms with Crippen molar-refractivity contribution < 1.29 is 13.9 Å². The first-order chi connectivity index (χ1) is 12.3. The van der Waals surface area contributed by atoms with E-state index in [0.717, 1.165) is 11.1 Å². The molecule has 0 aliphatic rings. The second-order valence-corrected chi connectivity index (χ2v) is 6.59. The van der Waals surface area contributed by atoms with Gasteiger partial charge in [0.2, 0.25) is 0 Å². The van der Waals surface area contributed by atoms with Crippen molar-refractivity contribution >= 4 is 45.8 Å². The number of halogens is 2. The molecule has 0 aliphatic heterocycles. The summed E-state index contributed by atoms with van der Waals surface area (Å²) in [5.41, 5.74) is 2.01. The number of benzene rings is 2. The van der Waals surface area contributed by atoms with Crippen molar-refractivity contribution in [3.05, 3.63) is 68.0 Å². The summed E-state index contributed by atoms with van der Waals surface area (Å²) >= 11 is 12.2. The highest BCUT2D eigenvalue weighted by molar-refractivity contribution is 6.33. The maximum atomic E-state index is 12.1. The lowest BCUT2D eigenvalue weighted by molar-refractivity contribution is -0.118. The summed E-state index contributed by atoms with van der Waals surface area (Å²) in [5, 5.41) is 4.32. The highest BCUT2D eigenvalue weighted by Gasteiger charge is 2.12. The van der Waals surface area contributed by atoms with E-state index in [1.807, 2.05) is 6.92 Å². The predicted molar refractivity (Wildman–Crippen MR) is 103 cm³/mol. The van der Waals surface area contributed by atoms with Gasteiger partial charge in [-0.1, -0.05) is 29.3 Å². The van der Waals surface area contributed by atoms with Crippen molar-refractivity contribution in [2.45, 2.75) is 13.8 Å². The molecule has 26 heavy (non-hydrogen) atoms. The molecule has 0 saturated heterocycles. The predicted octanol–water partition coefficient (Wildman–Crippen LogP) is 4.73. The van der Waals surface area contributed by atoms with Crippen molar-refractivity contribution in [1.82, 2.24) is 0 Å². The molecule has 1 N–H and O–H groups in total. The van der Waals surface area contributed by atoms with E-state index in [2.05, 4.69) is 5.32 Å². The van der Waals surface area contributed by atoms with Gasteiger partial charge in [0.25, 0.3) is 5.91 Å². The number of anilines is 1. The van der Waals surface area contributed by atoms with Crippen LogP contribution in [0.4, 0.5) is 5.69 Å². The third-order valence-corrected chi connectivity index (χ3v) is 4.61. The van der Waals surface area contributed by atoms with E-state index in [-0.39, 0.29) is 18.3 Å². The van der Waals surface area contributed by atoms with Crippen LogP contribution in [0.3, 0.4) is 0 Å². The SMILES string of the molecule is Cc1c(Cl)cccc1NC(=O)COc1cc2oc(=O)cc(C)c2cc1Cl. The van der Waals surface area contributed by atoms with Gasteiger partial charge >= 0.3 is 5.63 Å². The van der Waals surface area contributed by atoms with Gasteiger partial charge in [0.05, 0.1) is 5.02 Å². The smallest absolute Gasteiger partial charge is 0.336 e. The van der Waals surface area contributed by atoms with Crippen LogP contribution < -0.4 is 15.7 Å². The van der Waals surface area contributed by atoms with Crippen LogP contribution >= 0.6 is 23.2 Å². The Morgan fingerprint density at radius 3 is 2.69 bits per heavy atom. The van der Waals surface area contributed by atoms with Gasteiger partial charge in [-0.15, -0.1) is 0 Å². The molecule has 0 unspecified atom stereocenters. The lowest BCUT2D eigenvalue weighted by Gasteiger charge is -2.12. The summed E-state index contributed by atoms with van der Waals surface area (Å²) in [4.78, 5) is 23.7. The van der Waals surface area contributed by atoms with Gasteiger partial charge in [0.1, 0.15) is 11.3 Å². The van der Waals surface area contributed by atoms with E-state index >= 15 is 0 Å². The zero-order chi connectivity index (χ0) is 18.8. The molecular formula is C19H15Cl2NO4. The second-order valence-electron chi connectivity index (χ2n) is 5.78. The van der Waals surface area contributed by atoms with Crippen LogP contribution in [-0.2, 0) is 4.79 Å². The molecule has 0 bridgehead atoms. The Hall–Kier alpha value is -2.50. The summed E-state index contributed by atoms with van der Waals surface area (Å²) in [6, 6.07) is 9.77. The molecule has 1 aromatic heterocycles. The molecule has 2 aromatic carbocycles. The first-order valence-corrected chi connectivity index (χ1v) is 8.52. The van der Waals surface area contributed by atoms with E-state index in [4.69, 9.17) is 32.4 Å². The molecule has 0 spiro atoms. The molecular weight excluding hydrogens is 377 g/mol. The first kappa shape index (κ1) is 18.3. The molecule has 0 fully saturated rings. The highest BCUT2D eigenvalue weighted by Crippen LogP contribution is 2.31. The van der Waals surface area contributed by atoms with E-state index in [1.165, 1.54) is 12.1 Å². The van der Waals surface area contributed by atoms with Crippen molar-refractivity contribution in [3.63, 3.8) is 0 Å². The summed E-state index contributed by atoms with van der Waals surface area (Å²) in [6.07, 6.45) is 0. The van der Waals surface area contributed by atoms with Gasteiger partial charge in [-0.25, -0.2) is 4.79 Å². The minimum absolute atomic E-state index is 0.255. The molecule has 3 aromatic rings. The van der Waals surface area contributed by atoms with Crippen LogP contribution in [0.1, 0.15) is 11.1 Å². The summed E-state index contributed by atoms with van der Waals surface area (Å²) in [5.74, 6) is -0.108. The average molecular weight is 392 g/mol. The van der Waals surface area contributed by atoms with E-state index in [1.54, 1.807) is 31.2 Å². The summed E-state index contributed by atoms with van der Waals surface area (Å²) < 4.78 is 10.6. The fourth-order valence-corrected chi connectivity index (χ4v) is 2.90. The molecule has 3 rings (SSSR count). The number of fused-ring (bicyclic) bond motifs is 1. The molecule has 0 atom stereocenters. The number of aryl methyl sites for hydroxylation is 1. The lowest BCUT2D eigenvalue weighted by Crippen LogP contribution is -2.20. The van der Waals surface area contributed by atoms with Gasteiger partial charge < -0.3 is 14.5 Å². The van der Waals surface area contributed by atoms with Crippen LogP contribution in [0.5, 0.6) is 5.75 Å². The third-order valence-electron chi connectivity index (χ3n) is 3.90. The standard InChI is InChI=1S/C19H15Cl2NO4/c1-10-6-19(24)26-16-8-17(14(21)7-12(10)16)25-9-18(23)22-15-5-3-4-13(20)11(15)2/h3-8H,9H2,1-2H3,(H,22,23). The number of carbonyl (C=O) groups excluding carboxylic acids is 1. The van der Waals surface area contributed by atoms with Crippen LogP contribution in [0.2, 0.25) is 10.0 Å². The summed E-state index contributed by atoms with van der Waals surface area (Å²) in [7, 11) is 0. The number of nitrogens with one attached hydrogen (secondary N) is 1. The third kappa shape index (κ3) is 3.84. The lowest BCUT2D eigenvalue weighted by atomic mass is 10.1. The van der Waals surface area contributed by atoms with Crippen LogP contribution in [0.25, 0.3) is 11.0 Å². The van der Waals surface area contributed by atoms with Crippen LogP contribution in [-0.4, -0.2) is 12.5 Å². The molecule has 7 heteroatoms. The molecule has 1 amide bonds. The Labute approximate surface area is 159 Å². The largest absolute Gasteiger partial charge is 0.482 e. The monoisotopic (exact) mass is 391 g/mol. The normalized spacial score (nSPS) is 10.8. The minimum Gasteiger partial charge on any atom is -0.482 e. The Bertz CT molecular complexity index is 1060. The van der Waals surface area contributed by atoms with Gasteiger partial charge in [-0.05, 0) is 43.2 Å². The first-order valence-electron chi connectivity index (χ1n) is 7.77. The zero-order valence-electron chi connectivity index (χ0n) is 14.1. The number of hydrogen-bond acceptors (Lipinski definition) is 4. The fraction of sp³-hybridized carbons (Fsp3) is 0.158. The Balaban J connectivity index is 1.77. The van der Waals surface area contributed by atoms with Crippen molar-refractivity contribution in [2.75, 3.05) is 11.9 Å². The fourth-order valence-electron chi connectivity index (χ4n) is 2.50. The molecule has 134 valence electrons. The second kappa shape index (κ2) is 7.40. The number of amides is 1. The number of hydrogen-bond donors (Lipinski definition) is 1. The van der Waals surface area contributed by atoms with Crippen molar-refractivity contribution in [1.29, 1.82) is 0 Å². The average Bonchev–Trinajstić information content (AvgIpc) is 2.58. The minimum atomic E-state index is -0.461. The quantitative estimate of drug-likeness (QED) is 0.652.